The molecule has 0 bridgehead atoms. The number of pyridine rings is 1. The number of anilines is 1. The molecule has 212 valence electrons. The second-order valence-electron chi connectivity index (χ2n) is 9.19. The lowest BCUT2D eigenvalue weighted by atomic mass is 10.1. The predicted molar refractivity (Wildman–Crippen MR) is 145 cm³/mol. The van der Waals surface area contributed by atoms with Gasteiger partial charge in [-0.05, 0) is 41.3 Å². The van der Waals surface area contributed by atoms with E-state index in [4.69, 9.17) is 16.4 Å². The standard InChI is InChI=1S/C27H29ClF2N6O4/c1-18(38)36(33-15-20-3-2-4-24(30)27(20)28)23(13-26(39)34-9-7-31-8-10-34)16-40-35(17-37)25-12-21-11-22(29)6-5-19(21)14-32-25/h2-6,11-12,14,17,23,31,33H,7-10,13,15-16H2,1H3/t23-/m0/s1. The van der Waals surface area contributed by atoms with E-state index in [-0.39, 0.29) is 36.3 Å². The van der Waals surface area contributed by atoms with Gasteiger partial charge in [-0.1, -0.05) is 23.7 Å². The average Bonchev–Trinajstić information content (AvgIpc) is 2.95. The van der Waals surface area contributed by atoms with Gasteiger partial charge in [-0.15, -0.1) is 0 Å². The molecule has 0 radical (unpaired) electrons. The van der Waals surface area contributed by atoms with E-state index in [1.807, 2.05) is 0 Å². The van der Waals surface area contributed by atoms with E-state index >= 15 is 0 Å². The Labute approximate surface area is 234 Å². The number of benzene rings is 2. The summed E-state index contributed by atoms with van der Waals surface area (Å²) in [6.45, 7) is 3.33. The van der Waals surface area contributed by atoms with Gasteiger partial charge >= 0.3 is 0 Å². The number of nitrogens with one attached hydrogen (secondary N) is 2. The minimum Gasteiger partial charge on any atom is -0.340 e. The van der Waals surface area contributed by atoms with Crippen molar-refractivity contribution >= 4 is 46.4 Å². The van der Waals surface area contributed by atoms with Crippen molar-refractivity contribution in [2.75, 3.05) is 37.8 Å². The summed E-state index contributed by atoms with van der Waals surface area (Å²) in [5.41, 5.74) is 3.33. The van der Waals surface area contributed by atoms with Crippen molar-refractivity contribution < 1.29 is 28.0 Å². The number of carbonyl (C=O) groups is 3. The molecule has 2 N–H and O–H groups in total. The first-order valence-electron chi connectivity index (χ1n) is 12.6. The maximum absolute atomic E-state index is 13.9. The molecule has 0 spiro atoms. The monoisotopic (exact) mass is 574 g/mol. The van der Waals surface area contributed by atoms with E-state index < -0.39 is 23.6 Å². The minimum absolute atomic E-state index is 0.0102. The third kappa shape index (κ3) is 7.27. The van der Waals surface area contributed by atoms with Crippen LogP contribution in [0.1, 0.15) is 18.9 Å². The third-order valence-electron chi connectivity index (χ3n) is 6.45. The van der Waals surface area contributed by atoms with Crippen molar-refractivity contribution in [1.29, 1.82) is 0 Å². The molecule has 1 saturated heterocycles. The molecule has 0 unspecified atom stereocenters. The molecule has 0 saturated carbocycles. The van der Waals surface area contributed by atoms with Crippen LogP contribution in [-0.4, -0.2) is 71.9 Å². The van der Waals surface area contributed by atoms with Crippen LogP contribution in [0.4, 0.5) is 14.6 Å². The molecule has 1 aliphatic rings. The van der Waals surface area contributed by atoms with Crippen LogP contribution in [0.5, 0.6) is 0 Å². The zero-order valence-corrected chi connectivity index (χ0v) is 22.5. The van der Waals surface area contributed by atoms with Crippen LogP contribution in [0.15, 0.2) is 48.7 Å². The predicted octanol–water partition coefficient (Wildman–Crippen LogP) is 2.80. The van der Waals surface area contributed by atoms with Crippen molar-refractivity contribution in [3.8, 4) is 0 Å². The smallest absolute Gasteiger partial charge is 0.239 e. The van der Waals surface area contributed by atoms with Gasteiger partial charge < -0.3 is 10.2 Å². The van der Waals surface area contributed by atoms with Crippen LogP contribution in [0.25, 0.3) is 10.8 Å². The van der Waals surface area contributed by atoms with Gasteiger partial charge in [0.15, 0.2) is 5.82 Å². The summed E-state index contributed by atoms with van der Waals surface area (Å²) < 4.78 is 27.7. The maximum atomic E-state index is 13.9. The van der Waals surface area contributed by atoms with Gasteiger partial charge in [0.2, 0.25) is 18.2 Å². The number of hydrogen-bond donors (Lipinski definition) is 2. The van der Waals surface area contributed by atoms with E-state index in [1.165, 1.54) is 48.5 Å². The van der Waals surface area contributed by atoms with Gasteiger partial charge in [0.25, 0.3) is 0 Å². The SMILES string of the molecule is CC(=O)N(NCc1cccc(F)c1Cl)[C@H](CON(C=O)c1cc2cc(F)ccc2cn1)CC(=O)N1CCNCC1. The molecule has 13 heteroatoms. The molecule has 3 aromatic rings. The van der Waals surface area contributed by atoms with Crippen LogP contribution >= 0.6 is 11.6 Å². The van der Waals surface area contributed by atoms with Crippen molar-refractivity contribution in [2.45, 2.75) is 25.9 Å². The number of piperazine rings is 1. The van der Waals surface area contributed by atoms with Crippen LogP contribution < -0.4 is 15.8 Å². The second-order valence-corrected chi connectivity index (χ2v) is 9.56. The summed E-state index contributed by atoms with van der Waals surface area (Å²) in [5, 5.41) is 6.33. The number of halogens is 3. The highest BCUT2D eigenvalue weighted by atomic mass is 35.5. The van der Waals surface area contributed by atoms with Crippen LogP contribution in [0.2, 0.25) is 5.02 Å². The van der Waals surface area contributed by atoms with Gasteiger partial charge in [-0.3, -0.25) is 24.2 Å². The highest BCUT2D eigenvalue weighted by molar-refractivity contribution is 6.31. The first-order valence-corrected chi connectivity index (χ1v) is 13.0. The molecule has 40 heavy (non-hydrogen) atoms. The highest BCUT2D eigenvalue weighted by Crippen LogP contribution is 2.22. The molecular formula is C27H29ClF2N6O4. The van der Waals surface area contributed by atoms with E-state index in [0.29, 0.717) is 48.9 Å². The van der Waals surface area contributed by atoms with Gasteiger partial charge in [-0.2, -0.15) is 5.06 Å². The molecule has 10 nitrogen and oxygen atoms in total. The summed E-state index contributed by atoms with van der Waals surface area (Å²) in [6.07, 6.45) is 1.74. The van der Waals surface area contributed by atoms with Crippen LogP contribution in [-0.2, 0) is 25.8 Å². The molecule has 3 amide bonds. The number of aromatic nitrogens is 1. The van der Waals surface area contributed by atoms with Crippen molar-refractivity contribution in [2.24, 2.45) is 0 Å². The topological polar surface area (TPSA) is 107 Å². The number of nitrogens with zero attached hydrogens (tertiary/aromatic N) is 4. The number of amides is 3. The number of hydroxylamine groups is 1. The van der Waals surface area contributed by atoms with Gasteiger partial charge in [-0.25, -0.2) is 19.2 Å². The van der Waals surface area contributed by atoms with E-state index in [9.17, 15) is 23.2 Å². The lowest BCUT2D eigenvalue weighted by Crippen LogP contribution is -2.54. The first kappa shape index (κ1) is 29.3. The Morgan fingerprint density at radius 3 is 2.70 bits per heavy atom. The number of hydrazine groups is 1. The molecule has 2 heterocycles. The average molecular weight is 575 g/mol. The summed E-state index contributed by atoms with van der Waals surface area (Å²) in [7, 11) is 0. The van der Waals surface area contributed by atoms with Gasteiger partial charge in [0.05, 0.1) is 24.1 Å². The normalized spacial score (nSPS) is 14.2. The fourth-order valence-electron chi connectivity index (χ4n) is 4.36. The van der Waals surface area contributed by atoms with Crippen molar-refractivity contribution in [3.05, 3.63) is 70.9 Å². The summed E-state index contributed by atoms with van der Waals surface area (Å²) >= 11 is 6.08. The minimum atomic E-state index is -0.868. The molecule has 1 atom stereocenters. The second kappa shape index (κ2) is 13.6. The van der Waals surface area contributed by atoms with Crippen molar-refractivity contribution in [3.63, 3.8) is 0 Å². The third-order valence-corrected chi connectivity index (χ3v) is 6.88. The Kier molecular flexibility index (Phi) is 9.93. The lowest BCUT2D eigenvalue weighted by Gasteiger charge is -2.34. The van der Waals surface area contributed by atoms with Gasteiger partial charge in [0.1, 0.15) is 11.6 Å². The lowest BCUT2D eigenvalue weighted by molar-refractivity contribution is -0.141. The summed E-state index contributed by atoms with van der Waals surface area (Å²) in [6, 6.07) is 9.11. The number of hydrogen-bond acceptors (Lipinski definition) is 7. The Balaban J connectivity index is 1.54. The highest BCUT2D eigenvalue weighted by Gasteiger charge is 2.29. The summed E-state index contributed by atoms with van der Waals surface area (Å²) in [5.74, 6) is -1.60. The number of carbonyl (C=O) groups excluding carboxylic acids is 3. The first-order chi connectivity index (χ1) is 19.3. The zero-order chi connectivity index (χ0) is 28.6. The Morgan fingerprint density at radius 1 is 1.20 bits per heavy atom. The maximum Gasteiger partial charge on any atom is 0.239 e. The zero-order valence-electron chi connectivity index (χ0n) is 21.8. The molecule has 4 rings (SSSR count). The Morgan fingerprint density at radius 2 is 1.98 bits per heavy atom. The quantitative estimate of drug-likeness (QED) is 0.268. The molecule has 2 aromatic carbocycles. The van der Waals surface area contributed by atoms with Crippen LogP contribution in [0, 0.1) is 11.6 Å². The molecule has 1 aromatic heterocycles. The van der Waals surface area contributed by atoms with Crippen LogP contribution in [0.3, 0.4) is 0 Å². The Hall–Kier alpha value is -3.71. The fourth-order valence-corrected chi connectivity index (χ4v) is 4.55. The molecule has 1 aliphatic heterocycles. The molecular weight excluding hydrogens is 546 g/mol. The number of fused-ring (bicyclic) bond motifs is 1. The molecule has 0 aliphatic carbocycles. The fraction of sp³-hybridized carbons (Fsp3) is 0.333. The van der Waals surface area contributed by atoms with Crippen molar-refractivity contribution in [1.82, 2.24) is 25.6 Å². The number of rotatable bonds is 11. The van der Waals surface area contributed by atoms with E-state index in [1.54, 1.807) is 17.0 Å². The largest absolute Gasteiger partial charge is 0.340 e. The van der Waals surface area contributed by atoms with E-state index in [2.05, 4.69) is 15.7 Å². The van der Waals surface area contributed by atoms with E-state index in [0.717, 1.165) is 5.06 Å². The Bertz CT molecular complexity index is 1370. The van der Waals surface area contributed by atoms with Gasteiger partial charge in [0, 0.05) is 51.2 Å². The molecule has 1 fully saturated rings. The summed E-state index contributed by atoms with van der Waals surface area (Å²) in [4.78, 5) is 49.4.